The molecule has 0 atom stereocenters. The van der Waals surface area contributed by atoms with E-state index >= 15 is 0 Å². The fraction of sp³-hybridized carbons (Fsp3) is 0.0714. The molecule has 5 heteroatoms. The van der Waals surface area contributed by atoms with Crippen molar-refractivity contribution in [1.82, 2.24) is 5.32 Å². The van der Waals surface area contributed by atoms with Gasteiger partial charge in [0.05, 0.1) is 5.69 Å². The van der Waals surface area contributed by atoms with Gasteiger partial charge in [-0.25, -0.2) is 13.6 Å². The molecular formula is C14H10F2N2O. The van der Waals surface area contributed by atoms with Gasteiger partial charge < -0.3 is 5.32 Å². The van der Waals surface area contributed by atoms with Gasteiger partial charge in [0.2, 0.25) is 0 Å². The summed E-state index contributed by atoms with van der Waals surface area (Å²) in [5.41, 5.74) is 0.951. The summed E-state index contributed by atoms with van der Waals surface area (Å²) in [6.07, 6.45) is 0. The maximum atomic E-state index is 13.8. The average Bonchev–Trinajstić information content (AvgIpc) is 2.41. The van der Waals surface area contributed by atoms with E-state index in [0.29, 0.717) is 12.2 Å². The Morgan fingerprint density at radius 2 is 1.68 bits per heavy atom. The lowest BCUT2D eigenvalue weighted by Gasteiger charge is -2.30. The van der Waals surface area contributed by atoms with Gasteiger partial charge in [0, 0.05) is 6.54 Å². The second-order valence-electron chi connectivity index (χ2n) is 4.19. The van der Waals surface area contributed by atoms with E-state index in [2.05, 4.69) is 5.32 Å². The number of anilines is 2. The normalized spacial score (nSPS) is 14.0. The summed E-state index contributed by atoms with van der Waals surface area (Å²) in [5, 5.41) is 2.59. The zero-order valence-electron chi connectivity index (χ0n) is 9.86. The van der Waals surface area contributed by atoms with Crippen molar-refractivity contribution in [3.8, 4) is 0 Å². The molecule has 2 aromatic rings. The lowest BCUT2D eigenvalue weighted by Crippen LogP contribution is -2.41. The van der Waals surface area contributed by atoms with Crippen LogP contribution < -0.4 is 10.2 Å². The van der Waals surface area contributed by atoms with Crippen molar-refractivity contribution >= 4 is 17.4 Å². The molecule has 0 radical (unpaired) electrons. The number of nitrogens with one attached hydrogen (secondary N) is 1. The first kappa shape index (κ1) is 11.6. The molecule has 0 saturated heterocycles. The number of amides is 2. The van der Waals surface area contributed by atoms with Crippen LogP contribution in [0.25, 0.3) is 0 Å². The number of rotatable bonds is 1. The van der Waals surface area contributed by atoms with Gasteiger partial charge in [-0.05, 0) is 23.8 Å². The Morgan fingerprint density at radius 1 is 1.00 bits per heavy atom. The third-order valence-electron chi connectivity index (χ3n) is 3.03. The molecule has 1 aliphatic heterocycles. The Labute approximate surface area is 108 Å². The second kappa shape index (κ2) is 4.35. The molecule has 2 amide bonds. The van der Waals surface area contributed by atoms with Crippen LogP contribution in [0.5, 0.6) is 0 Å². The van der Waals surface area contributed by atoms with Crippen molar-refractivity contribution in [1.29, 1.82) is 0 Å². The first-order valence-corrected chi connectivity index (χ1v) is 5.78. The molecule has 2 aromatic carbocycles. The summed E-state index contributed by atoms with van der Waals surface area (Å²) in [6, 6.07) is 9.99. The van der Waals surface area contributed by atoms with Gasteiger partial charge in [0.1, 0.15) is 17.3 Å². The van der Waals surface area contributed by atoms with E-state index in [0.717, 1.165) is 22.6 Å². The number of halogens is 2. The SMILES string of the molecule is O=C1NCc2ccccc2N1c1c(F)cccc1F. The van der Waals surface area contributed by atoms with Gasteiger partial charge in [-0.3, -0.25) is 4.90 Å². The van der Waals surface area contributed by atoms with Gasteiger partial charge in [-0.15, -0.1) is 0 Å². The predicted molar refractivity (Wildman–Crippen MR) is 67.2 cm³/mol. The van der Waals surface area contributed by atoms with Crippen LogP contribution >= 0.6 is 0 Å². The third kappa shape index (κ3) is 1.83. The van der Waals surface area contributed by atoms with Crippen LogP contribution in [-0.4, -0.2) is 6.03 Å². The molecule has 0 aliphatic carbocycles. The topological polar surface area (TPSA) is 32.3 Å². The number of nitrogens with zero attached hydrogens (tertiary/aromatic N) is 1. The fourth-order valence-electron chi connectivity index (χ4n) is 2.16. The number of hydrogen-bond acceptors (Lipinski definition) is 1. The monoisotopic (exact) mass is 260 g/mol. The van der Waals surface area contributed by atoms with Crippen molar-refractivity contribution in [2.24, 2.45) is 0 Å². The Hall–Kier alpha value is -2.43. The van der Waals surface area contributed by atoms with Crippen LogP contribution in [0.15, 0.2) is 42.5 Å². The van der Waals surface area contributed by atoms with Crippen LogP contribution in [0.3, 0.4) is 0 Å². The Morgan fingerprint density at radius 3 is 2.42 bits per heavy atom. The summed E-state index contributed by atoms with van der Waals surface area (Å²) in [6.45, 7) is 0.349. The molecule has 0 spiro atoms. The maximum absolute atomic E-state index is 13.8. The minimum atomic E-state index is -0.771. The van der Waals surface area contributed by atoms with Crippen LogP contribution in [0.2, 0.25) is 0 Å². The molecule has 96 valence electrons. The standard InChI is InChI=1S/C14H10F2N2O/c15-10-5-3-6-11(16)13(10)18-12-7-2-1-4-9(12)8-17-14(18)19/h1-7H,8H2,(H,17,19). The van der Waals surface area contributed by atoms with Gasteiger partial charge in [0.25, 0.3) is 0 Å². The molecular weight excluding hydrogens is 250 g/mol. The largest absolute Gasteiger partial charge is 0.333 e. The quantitative estimate of drug-likeness (QED) is 0.838. The zero-order valence-corrected chi connectivity index (χ0v) is 9.86. The van der Waals surface area contributed by atoms with Crippen molar-refractivity contribution in [2.45, 2.75) is 6.54 Å². The Kier molecular flexibility index (Phi) is 2.67. The molecule has 1 heterocycles. The van der Waals surface area contributed by atoms with Crippen molar-refractivity contribution in [2.75, 3.05) is 4.90 Å². The first-order valence-electron chi connectivity index (χ1n) is 5.78. The average molecular weight is 260 g/mol. The molecule has 0 bridgehead atoms. The Bertz CT molecular complexity index is 637. The van der Waals surface area contributed by atoms with Crippen LogP contribution in [0.1, 0.15) is 5.56 Å². The predicted octanol–water partition coefficient (Wildman–Crippen LogP) is 3.33. The van der Waals surface area contributed by atoms with Crippen molar-refractivity contribution in [3.63, 3.8) is 0 Å². The zero-order chi connectivity index (χ0) is 13.4. The smallest absolute Gasteiger partial charge is 0.326 e. The highest BCUT2D eigenvalue weighted by atomic mass is 19.1. The minimum absolute atomic E-state index is 0.349. The maximum Gasteiger partial charge on any atom is 0.326 e. The number of hydrogen-bond donors (Lipinski definition) is 1. The highest BCUT2D eigenvalue weighted by molar-refractivity contribution is 6.01. The summed E-state index contributed by atoms with van der Waals surface area (Å²) in [7, 11) is 0. The molecule has 3 rings (SSSR count). The molecule has 1 aliphatic rings. The molecule has 0 aromatic heterocycles. The number of fused-ring (bicyclic) bond motifs is 1. The van der Waals surface area contributed by atoms with E-state index < -0.39 is 17.7 Å². The first-order chi connectivity index (χ1) is 9.18. The van der Waals surface area contributed by atoms with Gasteiger partial charge in [0.15, 0.2) is 0 Å². The van der Waals surface area contributed by atoms with Crippen molar-refractivity contribution < 1.29 is 13.6 Å². The van der Waals surface area contributed by atoms with Crippen LogP contribution in [0, 0.1) is 11.6 Å². The van der Waals surface area contributed by atoms with E-state index in [9.17, 15) is 13.6 Å². The van der Waals surface area contributed by atoms with Gasteiger partial charge >= 0.3 is 6.03 Å². The lowest BCUT2D eigenvalue weighted by atomic mass is 10.1. The highest BCUT2D eigenvalue weighted by Gasteiger charge is 2.29. The number of para-hydroxylation sites is 2. The van der Waals surface area contributed by atoms with Gasteiger partial charge in [-0.1, -0.05) is 24.3 Å². The molecule has 0 fully saturated rings. The number of carbonyl (C=O) groups excluding carboxylic acids is 1. The van der Waals surface area contributed by atoms with E-state index in [1.54, 1.807) is 18.2 Å². The Balaban J connectivity index is 2.22. The van der Waals surface area contributed by atoms with E-state index in [1.165, 1.54) is 6.07 Å². The minimum Gasteiger partial charge on any atom is -0.333 e. The van der Waals surface area contributed by atoms with Crippen molar-refractivity contribution in [3.05, 3.63) is 59.7 Å². The molecule has 0 unspecified atom stereocenters. The fourth-order valence-corrected chi connectivity index (χ4v) is 2.16. The number of benzene rings is 2. The summed E-state index contributed by atoms with van der Waals surface area (Å²) < 4.78 is 27.7. The molecule has 1 N–H and O–H groups in total. The van der Waals surface area contributed by atoms with Crippen LogP contribution in [0.4, 0.5) is 25.0 Å². The highest BCUT2D eigenvalue weighted by Crippen LogP contribution is 2.34. The summed E-state index contributed by atoms with van der Waals surface area (Å²) in [5.74, 6) is -1.54. The van der Waals surface area contributed by atoms with E-state index in [4.69, 9.17) is 0 Å². The van der Waals surface area contributed by atoms with Crippen LogP contribution in [-0.2, 0) is 6.54 Å². The molecule has 19 heavy (non-hydrogen) atoms. The number of urea groups is 1. The number of carbonyl (C=O) groups is 1. The second-order valence-corrected chi connectivity index (χ2v) is 4.19. The lowest BCUT2D eigenvalue weighted by molar-refractivity contribution is 0.246. The van der Waals surface area contributed by atoms with E-state index in [-0.39, 0.29) is 5.69 Å². The third-order valence-corrected chi connectivity index (χ3v) is 3.03. The summed E-state index contributed by atoms with van der Waals surface area (Å²) >= 11 is 0. The summed E-state index contributed by atoms with van der Waals surface area (Å²) in [4.78, 5) is 13.0. The molecule has 0 saturated carbocycles. The van der Waals surface area contributed by atoms with E-state index in [1.807, 2.05) is 6.07 Å². The molecule has 3 nitrogen and oxygen atoms in total. The van der Waals surface area contributed by atoms with Gasteiger partial charge in [-0.2, -0.15) is 0 Å².